The maximum absolute atomic E-state index is 13.0. The molecule has 10 heteroatoms. The van der Waals surface area contributed by atoms with Crippen LogP contribution in [0.5, 0.6) is 5.88 Å². The zero-order valence-electron chi connectivity index (χ0n) is 15.2. The maximum atomic E-state index is 13.0. The standard InChI is InChI=1S/C19H16Cl2N2O4S.Na.H/c1-11-4-7-14(8-5-11)28(25,26)27-19-17(12(2)22-23(19)3)18(24)15-9-6-13(20)10-16(15)21;;/h4-10H,1-3H3;;. The van der Waals surface area contributed by atoms with Crippen molar-refractivity contribution in [2.45, 2.75) is 18.7 Å². The molecule has 0 N–H and O–H groups in total. The molecule has 0 aliphatic rings. The van der Waals surface area contributed by atoms with E-state index in [1.54, 1.807) is 19.1 Å². The molecule has 0 spiro atoms. The van der Waals surface area contributed by atoms with Crippen LogP contribution in [0, 0.1) is 13.8 Å². The van der Waals surface area contributed by atoms with Crippen LogP contribution in [0.2, 0.25) is 10.0 Å². The van der Waals surface area contributed by atoms with E-state index in [1.807, 2.05) is 6.92 Å². The first-order valence-electron chi connectivity index (χ1n) is 8.14. The normalized spacial score (nSPS) is 11.1. The van der Waals surface area contributed by atoms with Crippen LogP contribution in [0.4, 0.5) is 0 Å². The molecule has 0 saturated carbocycles. The van der Waals surface area contributed by atoms with Gasteiger partial charge >= 0.3 is 39.7 Å². The van der Waals surface area contributed by atoms with Crippen LogP contribution in [0.25, 0.3) is 0 Å². The van der Waals surface area contributed by atoms with E-state index in [0.717, 1.165) is 5.56 Å². The Labute approximate surface area is 201 Å². The van der Waals surface area contributed by atoms with Gasteiger partial charge < -0.3 is 4.18 Å². The number of nitrogens with zero attached hydrogens (tertiary/aromatic N) is 2. The molecular formula is C19H17Cl2N2NaO4S. The Morgan fingerprint density at radius 1 is 1.07 bits per heavy atom. The zero-order chi connectivity index (χ0) is 20.6. The number of aromatic nitrogens is 2. The van der Waals surface area contributed by atoms with Gasteiger partial charge in [-0.15, -0.1) is 0 Å². The van der Waals surface area contributed by atoms with Crippen LogP contribution < -0.4 is 4.18 Å². The van der Waals surface area contributed by atoms with Crippen molar-refractivity contribution in [2.75, 3.05) is 0 Å². The van der Waals surface area contributed by atoms with Gasteiger partial charge in [0.15, 0.2) is 0 Å². The third-order valence-corrected chi connectivity index (χ3v) is 5.85. The molecule has 0 atom stereocenters. The molecule has 0 fully saturated rings. The summed E-state index contributed by atoms with van der Waals surface area (Å²) < 4.78 is 31.9. The number of benzene rings is 2. The van der Waals surface area contributed by atoms with Crippen molar-refractivity contribution in [3.8, 4) is 5.88 Å². The Hall–Kier alpha value is -1.35. The molecule has 0 unspecified atom stereocenters. The molecule has 29 heavy (non-hydrogen) atoms. The number of ketones is 1. The Balaban J connectivity index is 0.00000300. The average molecular weight is 463 g/mol. The number of carbonyl (C=O) groups is 1. The molecule has 2 aromatic carbocycles. The van der Waals surface area contributed by atoms with E-state index < -0.39 is 15.9 Å². The summed E-state index contributed by atoms with van der Waals surface area (Å²) >= 11 is 12.0. The molecule has 1 aromatic heterocycles. The topological polar surface area (TPSA) is 78.3 Å². The molecular weight excluding hydrogens is 446 g/mol. The number of halogens is 2. The second-order valence-electron chi connectivity index (χ2n) is 6.19. The minimum absolute atomic E-state index is 0. The second kappa shape index (κ2) is 9.20. The van der Waals surface area contributed by atoms with Gasteiger partial charge in [-0.1, -0.05) is 40.9 Å². The third-order valence-electron chi connectivity index (χ3n) is 4.07. The molecule has 1 heterocycles. The van der Waals surface area contributed by atoms with Gasteiger partial charge in [-0.25, -0.2) is 4.68 Å². The number of aryl methyl sites for hydroxylation is 3. The van der Waals surface area contributed by atoms with E-state index in [2.05, 4.69) is 5.10 Å². The molecule has 3 rings (SSSR count). The van der Waals surface area contributed by atoms with E-state index in [9.17, 15) is 13.2 Å². The van der Waals surface area contributed by atoms with E-state index in [4.69, 9.17) is 27.4 Å². The number of hydrogen-bond acceptors (Lipinski definition) is 5. The fraction of sp³-hybridized carbons (Fsp3) is 0.158. The van der Waals surface area contributed by atoms with Crippen LogP contribution in [-0.4, -0.2) is 53.5 Å². The first kappa shape index (κ1) is 23.9. The van der Waals surface area contributed by atoms with Crippen LogP contribution in [0.15, 0.2) is 47.4 Å². The third kappa shape index (κ3) is 5.05. The molecule has 0 aliphatic carbocycles. The molecule has 148 valence electrons. The van der Waals surface area contributed by atoms with Crippen molar-refractivity contribution >= 4 is 68.7 Å². The van der Waals surface area contributed by atoms with Crippen molar-refractivity contribution in [1.29, 1.82) is 0 Å². The van der Waals surface area contributed by atoms with Crippen LogP contribution in [-0.2, 0) is 17.2 Å². The summed E-state index contributed by atoms with van der Waals surface area (Å²) in [6.07, 6.45) is 0. The molecule has 0 saturated heterocycles. The fourth-order valence-electron chi connectivity index (χ4n) is 2.66. The Kier molecular flexibility index (Phi) is 7.59. The summed E-state index contributed by atoms with van der Waals surface area (Å²) in [4.78, 5) is 13.0. The van der Waals surface area contributed by atoms with Gasteiger partial charge in [0.2, 0.25) is 11.7 Å². The van der Waals surface area contributed by atoms with E-state index in [1.165, 1.54) is 42.1 Å². The average Bonchev–Trinajstić information content (AvgIpc) is 2.87. The predicted molar refractivity (Wildman–Crippen MR) is 114 cm³/mol. The van der Waals surface area contributed by atoms with Gasteiger partial charge in [0.1, 0.15) is 10.5 Å². The first-order chi connectivity index (χ1) is 13.1. The van der Waals surface area contributed by atoms with Gasteiger partial charge in [-0.05, 0) is 44.2 Å². The van der Waals surface area contributed by atoms with Crippen molar-refractivity contribution in [1.82, 2.24) is 9.78 Å². The molecule has 0 aliphatic heterocycles. The Bertz CT molecular complexity index is 1180. The van der Waals surface area contributed by atoms with Crippen LogP contribution in [0.3, 0.4) is 0 Å². The first-order valence-corrected chi connectivity index (χ1v) is 10.3. The van der Waals surface area contributed by atoms with Gasteiger partial charge in [0.25, 0.3) is 0 Å². The molecule has 3 aromatic rings. The van der Waals surface area contributed by atoms with Crippen molar-refractivity contribution in [3.63, 3.8) is 0 Å². The quantitative estimate of drug-likeness (QED) is 0.328. The van der Waals surface area contributed by atoms with Crippen molar-refractivity contribution in [3.05, 3.63) is 74.9 Å². The summed E-state index contributed by atoms with van der Waals surface area (Å²) in [7, 11) is -2.67. The van der Waals surface area contributed by atoms with Crippen LogP contribution >= 0.6 is 23.2 Å². The molecule has 0 amide bonds. The summed E-state index contributed by atoms with van der Waals surface area (Å²) in [5, 5.41) is 4.66. The number of carbonyl (C=O) groups excluding carboxylic acids is 1. The SMILES string of the molecule is Cc1ccc(S(=O)(=O)Oc2c(C(=O)c3ccc(Cl)cc3Cl)c(C)nn2C)cc1.[NaH]. The van der Waals surface area contributed by atoms with Gasteiger partial charge in [-0.2, -0.15) is 13.5 Å². The van der Waals surface area contributed by atoms with Gasteiger partial charge in [0, 0.05) is 17.6 Å². The zero-order valence-corrected chi connectivity index (χ0v) is 17.6. The van der Waals surface area contributed by atoms with Crippen LogP contribution in [0.1, 0.15) is 27.2 Å². The molecule has 6 nitrogen and oxygen atoms in total. The number of rotatable bonds is 5. The molecule has 0 bridgehead atoms. The number of hydrogen-bond donors (Lipinski definition) is 0. The van der Waals surface area contributed by atoms with Gasteiger partial charge in [-0.3, -0.25) is 4.79 Å². The minimum atomic E-state index is -4.16. The van der Waals surface area contributed by atoms with E-state index in [0.29, 0.717) is 10.7 Å². The summed E-state index contributed by atoms with van der Waals surface area (Å²) in [6.45, 7) is 3.43. The monoisotopic (exact) mass is 462 g/mol. The molecule has 0 radical (unpaired) electrons. The summed E-state index contributed by atoms with van der Waals surface area (Å²) in [5.74, 6) is -0.699. The summed E-state index contributed by atoms with van der Waals surface area (Å²) in [6, 6.07) is 10.6. The Morgan fingerprint density at radius 3 is 2.28 bits per heavy atom. The Morgan fingerprint density at radius 2 is 1.69 bits per heavy atom. The van der Waals surface area contributed by atoms with Crippen molar-refractivity contribution < 1.29 is 17.4 Å². The van der Waals surface area contributed by atoms with Crippen molar-refractivity contribution in [2.24, 2.45) is 7.05 Å². The van der Waals surface area contributed by atoms with E-state index >= 15 is 0 Å². The van der Waals surface area contributed by atoms with E-state index in [-0.39, 0.29) is 56.5 Å². The summed E-state index contributed by atoms with van der Waals surface area (Å²) in [5.41, 5.74) is 1.40. The fourth-order valence-corrected chi connectivity index (χ4v) is 4.12. The predicted octanol–water partition coefficient (Wildman–Crippen LogP) is 3.69. The van der Waals surface area contributed by atoms with Gasteiger partial charge in [0.05, 0.1) is 10.7 Å². The second-order valence-corrected chi connectivity index (χ2v) is 8.58.